The normalized spacial score (nSPS) is 14.3. The third-order valence-corrected chi connectivity index (χ3v) is 4.99. The van der Waals surface area contributed by atoms with Crippen LogP contribution in [0.3, 0.4) is 0 Å². The van der Waals surface area contributed by atoms with Crippen LogP contribution >= 0.6 is 11.3 Å². The standard InChI is InChI=1S/C17H19N3O2S/c1-2-15-18-11-14(23-15)17(22)19-10-12-5-7-13(8-6-12)20-9-3-4-16(20)21/h5-8,11H,2-4,9-10H2,1H3,(H,19,22). The smallest absolute Gasteiger partial charge is 0.263 e. The Kier molecular flexibility index (Phi) is 4.71. The zero-order chi connectivity index (χ0) is 16.2. The van der Waals surface area contributed by atoms with Crippen LogP contribution in [0.5, 0.6) is 0 Å². The van der Waals surface area contributed by atoms with Gasteiger partial charge in [-0.25, -0.2) is 4.98 Å². The zero-order valence-corrected chi connectivity index (χ0v) is 13.9. The first-order valence-electron chi connectivity index (χ1n) is 7.79. The second kappa shape index (κ2) is 6.91. The number of amides is 2. The molecule has 0 saturated carbocycles. The Morgan fingerprint density at radius 1 is 1.35 bits per heavy atom. The first-order chi connectivity index (χ1) is 11.2. The van der Waals surface area contributed by atoms with Crippen molar-refractivity contribution in [3.8, 4) is 0 Å². The molecule has 1 aromatic heterocycles. The van der Waals surface area contributed by atoms with Gasteiger partial charge >= 0.3 is 0 Å². The summed E-state index contributed by atoms with van der Waals surface area (Å²) in [6, 6.07) is 7.77. The van der Waals surface area contributed by atoms with E-state index in [-0.39, 0.29) is 11.8 Å². The van der Waals surface area contributed by atoms with Gasteiger partial charge in [0.05, 0.1) is 11.2 Å². The predicted molar refractivity (Wildman–Crippen MR) is 90.7 cm³/mol. The Morgan fingerprint density at radius 2 is 2.13 bits per heavy atom. The lowest BCUT2D eigenvalue weighted by Crippen LogP contribution is -2.24. The molecule has 3 rings (SSSR count). The van der Waals surface area contributed by atoms with Gasteiger partial charge in [0.15, 0.2) is 0 Å². The van der Waals surface area contributed by atoms with Crippen molar-refractivity contribution in [2.24, 2.45) is 0 Å². The topological polar surface area (TPSA) is 62.3 Å². The molecule has 2 aromatic rings. The van der Waals surface area contributed by atoms with E-state index in [1.807, 2.05) is 36.1 Å². The Balaban J connectivity index is 1.58. The van der Waals surface area contributed by atoms with Crippen molar-refractivity contribution in [3.63, 3.8) is 0 Å². The summed E-state index contributed by atoms with van der Waals surface area (Å²) in [6.45, 7) is 3.28. The van der Waals surface area contributed by atoms with Crippen LogP contribution in [0.25, 0.3) is 0 Å². The van der Waals surface area contributed by atoms with Gasteiger partial charge < -0.3 is 10.2 Å². The summed E-state index contributed by atoms with van der Waals surface area (Å²) in [4.78, 5) is 30.4. The Labute approximate surface area is 139 Å². The van der Waals surface area contributed by atoms with Crippen LogP contribution in [0.4, 0.5) is 5.69 Å². The number of carbonyl (C=O) groups is 2. The zero-order valence-electron chi connectivity index (χ0n) is 13.0. The van der Waals surface area contributed by atoms with Crippen molar-refractivity contribution in [2.45, 2.75) is 32.7 Å². The lowest BCUT2D eigenvalue weighted by Gasteiger charge is -2.16. The Bertz CT molecular complexity index is 709. The number of benzene rings is 1. The highest BCUT2D eigenvalue weighted by Crippen LogP contribution is 2.21. The summed E-state index contributed by atoms with van der Waals surface area (Å²) in [5, 5.41) is 3.87. The third-order valence-electron chi connectivity index (χ3n) is 3.85. The molecule has 1 N–H and O–H groups in total. The Hall–Kier alpha value is -2.21. The molecule has 1 fully saturated rings. The van der Waals surface area contributed by atoms with Gasteiger partial charge in [-0.1, -0.05) is 19.1 Å². The fourth-order valence-corrected chi connectivity index (χ4v) is 3.34. The van der Waals surface area contributed by atoms with Crippen LogP contribution in [-0.2, 0) is 17.8 Å². The van der Waals surface area contributed by atoms with Crippen molar-refractivity contribution in [3.05, 3.63) is 45.9 Å². The minimum atomic E-state index is -0.0963. The molecule has 1 aliphatic heterocycles. The average Bonchev–Trinajstić information content (AvgIpc) is 3.22. The number of anilines is 1. The highest BCUT2D eigenvalue weighted by Gasteiger charge is 2.21. The van der Waals surface area contributed by atoms with Gasteiger partial charge in [0.2, 0.25) is 5.91 Å². The quantitative estimate of drug-likeness (QED) is 0.917. The predicted octanol–water partition coefficient (Wildman–Crippen LogP) is 2.76. The van der Waals surface area contributed by atoms with Crippen molar-refractivity contribution in [2.75, 3.05) is 11.4 Å². The van der Waals surface area contributed by atoms with E-state index in [2.05, 4.69) is 10.3 Å². The molecule has 0 spiro atoms. The molecule has 120 valence electrons. The van der Waals surface area contributed by atoms with Crippen LogP contribution in [0.1, 0.15) is 40.0 Å². The molecule has 0 atom stereocenters. The monoisotopic (exact) mass is 329 g/mol. The van der Waals surface area contributed by atoms with Crippen LogP contribution in [0.15, 0.2) is 30.5 Å². The summed E-state index contributed by atoms with van der Waals surface area (Å²) >= 11 is 1.43. The van der Waals surface area contributed by atoms with E-state index in [0.717, 1.165) is 35.6 Å². The lowest BCUT2D eigenvalue weighted by molar-refractivity contribution is -0.117. The average molecular weight is 329 g/mol. The minimum absolute atomic E-state index is 0.0963. The molecule has 0 aliphatic carbocycles. The van der Waals surface area contributed by atoms with E-state index < -0.39 is 0 Å². The number of thiazole rings is 1. The molecule has 1 aliphatic rings. The summed E-state index contributed by atoms with van der Waals surface area (Å²) < 4.78 is 0. The van der Waals surface area contributed by atoms with Gasteiger partial charge in [0, 0.05) is 25.2 Å². The Morgan fingerprint density at radius 3 is 2.74 bits per heavy atom. The second-order valence-corrected chi connectivity index (χ2v) is 6.59. The van der Waals surface area contributed by atoms with Gasteiger partial charge in [0.1, 0.15) is 4.88 Å². The number of aromatic nitrogens is 1. The molecular weight excluding hydrogens is 310 g/mol. The van der Waals surface area contributed by atoms with E-state index in [1.165, 1.54) is 11.3 Å². The fraction of sp³-hybridized carbons (Fsp3) is 0.353. The highest BCUT2D eigenvalue weighted by atomic mass is 32.1. The molecule has 2 heterocycles. The maximum absolute atomic E-state index is 12.1. The maximum atomic E-state index is 12.1. The SMILES string of the molecule is CCc1ncc(C(=O)NCc2ccc(N3CCCC3=O)cc2)s1. The minimum Gasteiger partial charge on any atom is -0.347 e. The number of aryl methyl sites for hydroxylation is 1. The van der Waals surface area contributed by atoms with Gasteiger partial charge in [-0.15, -0.1) is 11.3 Å². The first-order valence-corrected chi connectivity index (χ1v) is 8.61. The molecule has 0 bridgehead atoms. The van der Waals surface area contributed by atoms with Crippen LogP contribution in [0, 0.1) is 0 Å². The number of carbonyl (C=O) groups excluding carboxylic acids is 2. The van der Waals surface area contributed by atoms with E-state index in [9.17, 15) is 9.59 Å². The molecule has 1 aromatic carbocycles. The molecule has 2 amide bonds. The van der Waals surface area contributed by atoms with Crippen molar-refractivity contribution in [1.82, 2.24) is 10.3 Å². The molecule has 0 unspecified atom stereocenters. The molecular formula is C17H19N3O2S. The molecule has 23 heavy (non-hydrogen) atoms. The van der Waals surface area contributed by atoms with Crippen LogP contribution in [0.2, 0.25) is 0 Å². The van der Waals surface area contributed by atoms with Crippen molar-refractivity contribution >= 4 is 28.8 Å². The molecule has 6 heteroatoms. The number of hydrogen-bond acceptors (Lipinski definition) is 4. The van der Waals surface area contributed by atoms with Crippen LogP contribution in [-0.4, -0.2) is 23.3 Å². The summed E-state index contributed by atoms with van der Waals surface area (Å²) in [5.74, 6) is 0.0870. The lowest BCUT2D eigenvalue weighted by atomic mass is 10.2. The largest absolute Gasteiger partial charge is 0.347 e. The molecule has 5 nitrogen and oxygen atoms in total. The summed E-state index contributed by atoms with van der Waals surface area (Å²) in [7, 11) is 0. The first kappa shape index (κ1) is 15.7. The fourth-order valence-electron chi connectivity index (χ4n) is 2.56. The number of rotatable bonds is 5. The number of hydrogen-bond donors (Lipinski definition) is 1. The van der Waals surface area contributed by atoms with Gasteiger partial charge in [-0.3, -0.25) is 9.59 Å². The van der Waals surface area contributed by atoms with E-state index in [1.54, 1.807) is 6.20 Å². The summed E-state index contributed by atoms with van der Waals surface area (Å²) in [5.41, 5.74) is 1.94. The second-order valence-electron chi connectivity index (χ2n) is 5.47. The molecule has 1 saturated heterocycles. The summed E-state index contributed by atoms with van der Waals surface area (Å²) in [6.07, 6.45) is 4.02. The van der Waals surface area contributed by atoms with Gasteiger partial charge in [-0.05, 0) is 30.5 Å². The third kappa shape index (κ3) is 3.59. The van der Waals surface area contributed by atoms with Crippen molar-refractivity contribution < 1.29 is 9.59 Å². The van der Waals surface area contributed by atoms with Crippen LogP contribution < -0.4 is 10.2 Å². The number of nitrogens with one attached hydrogen (secondary N) is 1. The van der Waals surface area contributed by atoms with Crippen molar-refractivity contribution in [1.29, 1.82) is 0 Å². The highest BCUT2D eigenvalue weighted by molar-refractivity contribution is 7.13. The number of nitrogens with zero attached hydrogens (tertiary/aromatic N) is 2. The van der Waals surface area contributed by atoms with E-state index in [0.29, 0.717) is 17.8 Å². The van der Waals surface area contributed by atoms with Gasteiger partial charge in [-0.2, -0.15) is 0 Å². The van der Waals surface area contributed by atoms with E-state index in [4.69, 9.17) is 0 Å². The van der Waals surface area contributed by atoms with E-state index >= 15 is 0 Å². The van der Waals surface area contributed by atoms with Gasteiger partial charge in [0.25, 0.3) is 5.91 Å². The molecule has 0 radical (unpaired) electrons. The maximum Gasteiger partial charge on any atom is 0.263 e.